The summed E-state index contributed by atoms with van der Waals surface area (Å²) in [7, 11) is -4.75. The molecular weight excluding hydrogens is 356 g/mol. The summed E-state index contributed by atoms with van der Waals surface area (Å²) in [6.45, 7) is -1.21. The van der Waals surface area contributed by atoms with E-state index in [1.54, 1.807) is 21.1 Å². The Balaban J connectivity index is 2.46. The van der Waals surface area contributed by atoms with Crippen LogP contribution in [0.1, 0.15) is 0 Å². The van der Waals surface area contributed by atoms with Gasteiger partial charge in [0.05, 0.1) is 27.7 Å². The summed E-state index contributed by atoms with van der Waals surface area (Å²) >= 11 is 0. The third kappa shape index (κ3) is 7.75. The molecule has 1 aliphatic rings. The number of quaternary nitrogens is 1. The first-order chi connectivity index (χ1) is 10.3. The molecule has 0 aliphatic carbocycles. The van der Waals surface area contributed by atoms with Crippen LogP contribution in [-0.4, -0.2) is 74.6 Å². The van der Waals surface area contributed by atoms with Gasteiger partial charge in [-0.05, 0) is 0 Å². The monoisotopic (exact) mass is 375 g/mol. The Morgan fingerprint density at radius 3 is 2.39 bits per heavy atom. The molecule has 0 amide bonds. The smallest absolute Gasteiger partial charge is 0.478 e. The van der Waals surface area contributed by atoms with Crippen molar-refractivity contribution >= 4 is 27.2 Å². The van der Waals surface area contributed by atoms with E-state index >= 15 is 0 Å². The summed E-state index contributed by atoms with van der Waals surface area (Å²) in [4.78, 5) is 42.9. The molecule has 3 unspecified atom stereocenters. The number of carbonyl (C=O) groups is 2. The van der Waals surface area contributed by atoms with Crippen molar-refractivity contribution in [3.63, 3.8) is 0 Å². The second-order valence-electron chi connectivity index (χ2n) is 5.73. The zero-order chi connectivity index (χ0) is 17.9. The minimum Gasteiger partial charge on any atom is -0.756 e. The predicted molar refractivity (Wildman–Crippen MR) is 73.1 cm³/mol. The number of carbonyl (C=O) groups excluding carboxylic acids is 2. The maximum Gasteiger partial charge on any atom is 0.478 e. The number of phosphoric ester groups is 2. The standard InChI is InChI=1S/C10H19NO10P2/c1-11(2,3)4-5-19-22(14,15)21-23(16,17)20-7-9-10(13)8(12)6-18-9/h9H,4-7H2,1-3H3,(H-,14,15,16,17). The van der Waals surface area contributed by atoms with Gasteiger partial charge in [-0.1, -0.05) is 0 Å². The van der Waals surface area contributed by atoms with Crippen molar-refractivity contribution in [3.8, 4) is 0 Å². The molecule has 1 aliphatic heterocycles. The Morgan fingerprint density at radius 2 is 1.91 bits per heavy atom. The molecule has 0 saturated carbocycles. The molecule has 1 fully saturated rings. The summed E-state index contributed by atoms with van der Waals surface area (Å²) in [5.41, 5.74) is 0. The summed E-state index contributed by atoms with van der Waals surface area (Å²) in [5, 5.41) is 0. The normalized spacial score (nSPS) is 24.5. The summed E-state index contributed by atoms with van der Waals surface area (Å²) in [6.07, 6.45) is -1.36. The second-order valence-corrected chi connectivity index (χ2v) is 8.73. The van der Waals surface area contributed by atoms with Crippen LogP contribution in [-0.2, 0) is 36.8 Å². The van der Waals surface area contributed by atoms with Crippen LogP contribution in [0, 0.1) is 0 Å². The fourth-order valence-corrected chi connectivity index (χ4v) is 3.41. The highest BCUT2D eigenvalue weighted by atomic mass is 31.3. The van der Waals surface area contributed by atoms with Crippen LogP contribution in [0.25, 0.3) is 0 Å². The van der Waals surface area contributed by atoms with Crippen LogP contribution >= 0.6 is 15.6 Å². The number of ketones is 2. The summed E-state index contributed by atoms with van der Waals surface area (Å²) < 4.78 is 40.9. The fourth-order valence-electron chi connectivity index (χ4n) is 1.39. The first-order valence-electron chi connectivity index (χ1n) is 6.45. The second kappa shape index (κ2) is 7.60. The van der Waals surface area contributed by atoms with Crippen molar-refractivity contribution in [1.29, 1.82) is 0 Å². The number of phosphoric acid groups is 2. The van der Waals surface area contributed by atoms with E-state index in [9.17, 15) is 28.5 Å². The first-order valence-corrected chi connectivity index (χ1v) is 9.40. The van der Waals surface area contributed by atoms with Crippen molar-refractivity contribution in [1.82, 2.24) is 0 Å². The van der Waals surface area contributed by atoms with Gasteiger partial charge in [0, 0.05) is 0 Å². The zero-order valence-electron chi connectivity index (χ0n) is 12.9. The van der Waals surface area contributed by atoms with E-state index in [0.29, 0.717) is 11.0 Å². The van der Waals surface area contributed by atoms with Crippen molar-refractivity contribution in [2.24, 2.45) is 0 Å². The van der Waals surface area contributed by atoms with Crippen LogP contribution in [0.5, 0.6) is 0 Å². The summed E-state index contributed by atoms with van der Waals surface area (Å²) in [5.74, 6) is -1.72. The minimum atomic E-state index is -5.08. The lowest BCUT2D eigenvalue weighted by Crippen LogP contribution is -2.37. The van der Waals surface area contributed by atoms with E-state index in [1.165, 1.54) is 0 Å². The number of Topliss-reactive ketones (excluding diaryl/α,β-unsaturated/α-hetero) is 2. The maximum absolute atomic E-state index is 11.5. The molecule has 0 bridgehead atoms. The molecule has 0 radical (unpaired) electrons. The summed E-state index contributed by atoms with van der Waals surface area (Å²) in [6, 6.07) is 0. The van der Waals surface area contributed by atoms with Gasteiger partial charge in [0.25, 0.3) is 7.82 Å². The van der Waals surface area contributed by atoms with Crippen LogP contribution in [0.15, 0.2) is 0 Å². The predicted octanol–water partition coefficient (Wildman–Crippen LogP) is -1.15. The van der Waals surface area contributed by atoms with Gasteiger partial charge in [-0.25, -0.2) is 8.88 Å². The van der Waals surface area contributed by atoms with Crippen LogP contribution in [0.3, 0.4) is 0 Å². The van der Waals surface area contributed by atoms with Gasteiger partial charge in [0.15, 0.2) is 0 Å². The largest absolute Gasteiger partial charge is 0.756 e. The van der Waals surface area contributed by atoms with E-state index in [-0.39, 0.29) is 6.61 Å². The van der Waals surface area contributed by atoms with Gasteiger partial charge >= 0.3 is 7.82 Å². The number of hydrogen-bond acceptors (Lipinski definition) is 9. The van der Waals surface area contributed by atoms with E-state index < -0.39 is 46.5 Å². The Bertz CT molecular complexity index is 556. The minimum absolute atomic E-state index is 0.261. The fraction of sp³-hybridized carbons (Fsp3) is 0.800. The molecule has 134 valence electrons. The van der Waals surface area contributed by atoms with Crippen LogP contribution < -0.4 is 4.89 Å². The molecule has 0 aromatic rings. The van der Waals surface area contributed by atoms with Gasteiger partial charge in [-0.2, -0.15) is 0 Å². The van der Waals surface area contributed by atoms with Gasteiger partial charge in [0.1, 0.15) is 25.9 Å². The molecule has 23 heavy (non-hydrogen) atoms. The van der Waals surface area contributed by atoms with Gasteiger partial charge < -0.3 is 23.5 Å². The number of rotatable bonds is 9. The highest BCUT2D eigenvalue weighted by Gasteiger charge is 2.37. The molecule has 0 spiro atoms. The van der Waals surface area contributed by atoms with Gasteiger partial charge in [-0.3, -0.25) is 18.7 Å². The molecule has 1 heterocycles. The average Bonchev–Trinajstić information content (AvgIpc) is 2.64. The number of hydrogen-bond donors (Lipinski definition) is 1. The molecule has 13 heteroatoms. The van der Waals surface area contributed by atoms with E-state index in [1.807, 2.05) is 0 Å². The van der Waals surface area contributed by atoms with E-state index in [2.05, 4.69) is 13.4 Å². The van der Waals surface area contributed by atoms with Crippen molar-refractivity contribution < 1.29 is 51.1 Å². The Hall–Kier alpha value is -0.480. The Labute approximate surface area is 132 Å². The molecule has 0 aromatic carbocycles. The lowest BCUT2D eigenvalue weighted by Gasteiger charge is -2.27. The number of nitrogens with zero attached hydrogens (tertiary/aromatic N) is 1. The quantitative estimate of drug-likeness (QED) is 0.297. The topological polar surface area (TPSA) is 148 Å². The molecule has 0 aromatic heterocycles. The molecule has 1 N–H and O–H groups in total. The molecule has 11 nitrogen and oxygen atoms in total. The molecule has 1 rings (SSSR count). The first kappa shape index (κ1) is 20.6. The lowest BCUT2D eigenvalue weighted by atomic mass is 10.2. The lowest BCUT2D eigenvalue weighted by molar-refractivity contribution is -0.870. The zero-order valence-corrected chi connectivity index (χ0v) is 14.7. The Morgan fingerprint density at radius 1 is 1.30 bits per heavy atom. The number of likely N-dealkylation sites (N-methyl/N-ethyl adjacent to an activating group) is 1. The van der Waals surface area contributed by atoms with Crippen molar-refractivity contribution in [3.05, 3.63) is 0 Å². The van der Waals surface area contributed by atoms with Crippen molar-refractivity contribution in [2.75, 3.05) is 47.5 Å². The number of ether oxygens (including phenoxy) is 1. The molecule has 3 atom stereocenters. The van der Waals surface area contributed by atoms with E-state index in [4.69, 9.17) is 4.74 Å². The highest BCUT2D eigenvalue weighted by molar-refractivity contribution is 7.60. The third-order valence-electron chi connectivity index (χ3n) is 2.59. The highest BCUT2D eigenvalue weighted by Crippen LogP contribution is 2.58. The SMILES string of the molecule is C[N+](C)(C)CCOP(=O)([O-])OP(=O)(O)OCC1OCC(=O)C1=O. The molecular formula is C10H19NO10P2. The van der Waals surface area contributed by atoms with Crippen LogP contribution in [0.4, 0.5) is 0 Å². The van der Waals surface area contributed by atoms with Crippen molar-refractivity contribution in [2.45, 2.75) is 6.10 Å². The molecule has 1 saturated heterocycles. The Kier molecular flexibility index (Phi) is 6.80. The van der Waals surface area contributed by atoms with Gasteiger partial charge in [-0.15, -0.1) is 0 Å². The average molecular weight is 375 g/mol. The van der Waals surface area contributed by atoms with Crippen LogP contribution in [0.2, 0.25) is 0 Å². The van der Waals surface area contributed by atoms with Gasteiger partial charge in [0.2, 0.25) is 11.6 Å². The maximum atomic E-state index is 11.5. The van der Waals surface area contributed by atoms with E-state index in [0.717, 1.165) is 0 Å². The third-order valence-corrected chi connectivity index (χ3v) is 5.19.